The Morgan fingerprint density at radius 3 is 2.76 bits per heavy atom. The summed E-state index contributed by atoms with van der Waals surface area (Å²) in [4.78, 5) is 10.9. The number of hydrogen-bond acceptors (Lipinski definition) is 3. The summed E-state index contributed by atoms with van der Waals surface area (Å²) in [7, 11) is 0. The fourth-order valence-corrected chi connectivity index (χ4v) is 1.41. The quantitative estimate of drug-likeness (QED) is 0.791. The summed E-state index contributed by atoms with van der Waals surface area (Å²) in [5.41, 5.74) is 5.34. The van der Waals surface area contributed by atoms with Crippen LogP contribution >= 0.6 is 0 Å². The van der Waals surface area contributed by atoms with Crippen LogP contribution in [0.3, 0.4) is 0 Å². The van der Waals surface area contributed by atoms with Gasteiger partial charge in [0.1, 0.15) is 5.75 Å². The normalized spacial score (nSPS) is 11.2. The third-order valence-corrected chi connectivity index (χ3v) is 2.46. The first kappa shape index (κ1) is 13.5. The predicted molar refractivity (Wildman–Crippen MR) is 66.2 cm³/mol. The van der Waals surface area contributed by atoms with Crippen LogP contribution in [0.25, 0.3) is 0 Å². The van der Waals surface area contributed by atoms with Crippen molar-refractivity contribution in [3.63, 3.8) is 0 Å². The van der Waals surface area contributed by atoms with E-state index < -0.39 is 11.6 Å². The summed E-state index contributed by atoms with van der Waals surface area (Å²) in [6.07, 6.45) is 1.78. The van der Waals surface area contributed by atoms with Crippen molar-refractivity contribution < 1.29 is 14.6 Å². The number of aryl methyl sites for hydroxylation is 1. The van der Waals surface area contributed by atoms with Gasteiger partial charge in [0.25, 0.3) is 0 Å². The lowest BCUT2D eigenvalue weighted by molar-refractivity contribution is -0.152. The molecule has 0 aliphatic carbocycles. The van der Waals surface area contributed by atoms with E-state index >= 15 is 0 Å². The van der Waals surface area contributed by atoms with Crippen LogP contribution in [0.5, 0.6) is 5.75 Å². The monoisotopic (exact) mass is 237 g/mol. The Balaban J connectivity index is 2.75. The summed E-state index contributed by atoms with van der Waals surface area (Å²) >= 11 is 0. The number of ether oxygens (including phenoxy) is 1. The number of carbonyl (C=O) groups is 1. The molecule has 0 fully saturated rings. The maximum absolute atomic E-state index is 10.9. The molecule has 1 aromatic rings. The van der Waals surface area contributed by atoms with E-state index in [9.17, 15) is 4.79 Å². The van der Waals surface area contributed by atoms with Crippen molar-refractivity contribution in [1.29, 1.82) is 0 Å². The van der Waals surface area contributed by atoms with Crippen LogP contribution in [0.1, 0.15) is 25.8 Å². The molecular formula is C13H19NO3. The smallest absolute Gasteiger partial charge is 0.347 e. The van der Waals surface area contributed by atoms with Crippen molar-refractivity contribution in [3.8, 4) is 5.75 Å². The standard InChI is InChI=1S/C13H19NO3/c1-13(2,12(15)16)17-11-7-3-5-10(9-11)6-4-8-14/h3,5,7,9H,4,6,8,14H2,1-2H3,(H,15,16). The van der Waals surface area contributed by atoms with Gasteiger partial charge in [0.2, 0.25) is 0 Å². The van der Waals surface area contributed by atoms with E-state index in [0.717, 1.165) is 18.4 Å². The SMILES string of the molecule is CC(C)(Oc1cccc(CCCN)c1)C(=O)O. The second kappa shape index (κ2) is 5.68. The molecule has 4 nitrogen and oxygen atoms in total. The predicted octanol–water partition coefficient (Wildman–Crippen LogP) is 1.82. The summed E-state index contributed by atoms with van der Waals surface area (Å²) < 4.78 is 5.45. The summed E-state index contributed by atoms with van der Waals surface area (Å²) in [6.45, 7) is 3.70. The lowest BCUT2D eigenvalue weighted by Crippen LogP contribution is -2.37. The average molecular weight is 237 g/mol. The third kappa shape index (κ3) is 4.07. The third-order valence-electron chi connectivity index (χ3n) is 2.46. The molecule has 17 heavy (non-hydrogen) atoms. The molecule has 0 unspecified atom stereocenters. The highest BCUT2D eigenvalue weighted by molar-refractivity contribution is 5.76. The van der Waals surface area contributed by atoms with Crippen LogP contribution < -0.4 is 10.5 Å². The molecule has 0 spiro atoms. The van der Waals surface area contributed by atoms with Gasteiger partial charge in [0.15, 0.2) is 5.60 Å². The fourth-order valence-electron chi connectivity index (χ4n) is 1.41. The van der Waals surface area contributed by atoms with Gasteiger partial charge < -0.3 is 15.6 Å². The average Bonchev–Trinajstić information content (AvgIpc) is 2.26. The molecule has 1 aromatic carbocycles. The van der Waals surface area contributed by atoms with E-state index in [4.69, 9.17) is 15.6 Å². The lowest BCUT2D eigenvalue weighted by Gasteiger charge is -2.21. The minimum absolute atomic E-state index is 0.576. The van der Waals surface area contributed by atoms with E-state index in [1.807, 2.05) is 18.2 Å². The molecule has 0 aromatic heterocycles. The number of hydrogen-bond donors (Lipinski definition) is 2. The van der Waals surface area contributed by atoms with Crippen LogP contribution in [-0.4, -0.2) is 23.2 Å². The number of carboxylic acid groups (broad SMARTS) is 1. The topological polar surface area (TPSA) is 72.5 Å². The molecule has 0 radical (unpaired) electrons. The van der Waals surface area contributed by atoms with E-state index in [1.54, 1.807) is 6.07 Å². The highest BCUT2D eigenvalue weighted by Gasteiger charge is 2.29. The van der Waals surface area contributed by atoms with Gasteiger partial charge in [-0.1, -0.05) is 12.1 Å². The Morgan fingerprint density at radius 2 is 2.18 bits per heavy atom. The molecule has 0 aliphatic rings. The van der Waals surface area contributed by atoms with Gasteiger partial charge in [-0.25, -0.2) is 4.79 Å². The Kier molecular flexibility index (Phi) is 4.52. The van der Waals surface area contributed by atoms with Crippen molar-refractivity contribution in [3.05, 3.63) is 29.8 Å². The number of aliphatic carboxylic acids is 1. The molecule has 0 atom stereocenters. The molecular weight excluding hydrogens is 218 g/mol. The Labute approximate surface area is 101 Å². The molecule has 0 bridgehead atoms. The Hall–Kier alpha value is -1.55. The largest absolute Gasteiger partial charge is 0.478 e. The van der Waals surface area contributed by atoms with Gasteiger partial charge in [-0.3, -0.25) is 0 Å². The number of rotatable bonds is 6. The van der Waals surface area contributed by atoms with Crippen molar-refractivity contribution >= 4 is 5.97 Å². The van der Waals surface area contributed by atoms with Crippen LogP contribution in [0.15, 0.2) is 24.3 Å². The maximum atomic E-state index is 10.9. The van der Waals surface area contributed by atoms with E-state index in [-0.39, 0.29) is 0 Å². The second-order valence-electron chi connectivity index (χ2n) is 4.46. The van der Waals surface area contributed by atoms with Gasteiger partial charge in [-0.05, 0) is 50.9 Å². The Bertz CT molecular complexity index is 388. The van der Waals surface area contributed by atoms with E-state index in [0.29, 0.717) is 12.3 Å². The zero-order valence-corrected chi connectivity index (χ0v) is 10.3. The summed E-state index contributed by atoms with van der Waals surface area (Å²) in [5, 5.41) is 8.97. The highest BCUT2D eigenvalue weighted by Crippen LogP contribution is 2.20. The van der Waals surface area contributed by atoms with Crippen molar-refractivity contribution in [1.82, 2.24) is 0 Å². The van der Waals surface area contributed by atoms with Crippen molar-refractivity contribution in [2.24, 2.45) is 5.73 Å². The van der Waals surface area contributed by atoms with Crippen LogP contribution in [0.2, 0.25) is 0 Å². The van der Waals surface area contributed by atoms with Gasteiger partial charge in [-0.15, -0.1) is 0 Å². The molecule has 4 heteroatoms. The van der Waals surface area contributed by atoms with Gasteiger partial charge in [-0.2, -0.15) is 0 Å². The van der Waals surface area contributed by atoms with E-state index in [1.165, 1.54) is 13.8 Å². The highest BCUT2D eigenvalue weighted by atomic mass is 16.5. The Morgan fingerprint density at radius 1 is 1.47 bits per heavy atom. The molecule has 0 saturated carbocycles. The maximum Gasteiger partial charge on any atom is 0.347 e. The summed E-state index contributed by atoms with van der Waals surface area (Å²) in [5.74, 6) is -0.406. The minimum atomic E-state index is -1.22. The molecule has 0 aliphatic heterocycles. The molecule has 3 N–H and O–H groups in total. The first-order valence-electron chi connectivity index (χ1n) is 5.67. The lowest BCUT2D eigenvalue weighted by atomic mass is 10.1. The zero-order chi connectivity index (χ0) is 12.9. The zero-order valence-electron chi connectivity index (χ0n) is 10.3. The number of nitrogens with two attached hydrogens (primary N) is 1. The van der Waals surface area contributed by atoms with Crippen LogP contribution in [0.4, 0.5) is 0 Å². The van der Waals surface area contributed by atoms with Crippen molar-refractivity contribution in [2.75, 3.05) is 6.54 Å². The molecule has 0 heterocycles. The fraction of sp³-hybridized carbons (Fsp3) is 0.462. The van der Waals surface area contributed by atoms with Gasteiger partial charge >= 0.3 is 5.97 Å². The first-order chi connectivity index (χ1) is 7.95. The van der Waals surface area contributed by atoms with Crippen molar-refractivity contribution in [2.45, 2.75) is 32.3 Å². The number of carboxylic acids is 1. The summed E-state index contributed by atoms with van der Waals surface area (Å²) in [6, 6.07) is 7.46. The second-order valence-corrected chi connectivity index (χ2v) is 4.46. The molecule has 0 saturated heterocycles. The molecule has 0 amide bonds. The van der Waals surface area contributed by atoms with E-state index in [2.05, 4.69) is 0 Å². The van der Waals surface area contributed by atoms with Crippen LogP contribution in [-0.2, 0) is 11.2 Å². The first-order valence-corrected chi connectivity index (χ1v) is 5.67. The van der Waals surface area contributed by atoms with Crippen LogP contribution in [0, 0.1) is 0 Å². The van der Waals surface area contributed by atoms with Gasteiger partial charge in [0.05, 0.1) is 0 Å². The number of benzene rings is 1. The molecule has 94 valence electrons. The minimum Gasteiger partial charge on any atom is -0.478 e. The molecule has 1 rings (SSSR count). The van der Waals surface area contributed by atoms with Gasteiger partial charge in [0, 0.05) is 0 Å².